The monoisotopic (exact) mass is 341 g/mol. The molecule has 7 heteroatoms. The average Bonchev–Trinajstić information content (AvgIpc) is 3.16. The van der Waals surface area contributed by atoms with Crippen molar-refractivity contribution in [1.82, 2.24) is 4.31 Å². The smallest absolute Gasteiger partial charge is 0.246 e. The average molecular weight is 341 g/mol. The zero-order chi connectivity index (χ0) is 15.9. The second-order valence-corrected chi connectivity index (χ2v) is 8.39. The highest BCUT2D eigenvalue weighted by molar-refractivity contribution is 7.89. The zero-order valence-corrected chi connectivity index (χ0v) is 14.2. The summed E-state index contributed by atoms with van der Waals surface area (Å²) in [6, 6.07) is 3.57. The maximum absolute atomic E-state index is 12.8. The van der Waals surface area contributed by atoms with Crippen LogP contribution in [0.25, 0.3) is 0 Å². The highest BCUT2D eigenvalue weighted by atomic mass is 32.2. The van der Waals surface area contributed by atoms with E-state index >= 15 is 0 Å². The predicted octanol–water partition coefficient (Wildman–Crippen LogP) is 2.35. The van der Waals surface area contributed by atoms with Crippen LogP contribution < -0.4 is 0 Å². The van der Waals surface area contributed by atoms with Gasteiger partial charge in [-0.15, -0.1) is 0 Å². The third-order valence-corrected chi connectivity index (χ3v) is 6.87. The number of rotatable bonds is 4. The Bertz CT molecular complexity index is 749. The van der Waals surface area contributed by atoms with Crippen molar-refractivity contribution in [3.63, 3.8) is 0 Å². The quantitative estimate of drug-likeness (QED) is 0.927. The Morgan fingerprint density at radius 3 is 2.73 bits per heavy atom. The van der Waals surface area contributed by atoms with E-state index in [9.17, 15) is 13.5 Å². The van der Waals surface area contributed by atoms with Gasteiger partial charge in [-0.1, -0.05) is 0 Å². The first-order valence-electron chi connectivity index (χ1n) is 7.13. The fourth-order valence-electron chi connectivity index (χ4n) is 3.08. The lowest BCUT2D eigenvalue weighted by atomic mass is 9.92. The third-order valence-electron chi connectivity index (χ3n) is 4.23. The van der Waals surface area contributed by atoms with Crippen molar-refractivity contribution in [3.05, 3.63) is 40.0 Å². The van der Waals surface area contributed by atoms with Gasteiger partial charge in [-0.05, 0) is 42.3 Å². The van der Waals surface area contributed by atoms with Crippen LogP contribution in [0, 0.1) is 19.8 Å². The van der Waals surface area contributed by atoms with Crippen LogP contribution in [0.15, 0.2) is 32.2 Å². The highest BCUT2D eigenvalue weighted by Crippen LogP contribution is 2.37. The normalized spacial score (nSPS) is 23.2. The lowest BCUT2D eigenvalue weighted by Crippen LogP contribution is -2.29. The van der Waals surface area contributed by atoms with E-state index in [0.29, 0.717) is 24.6 Å². The van der Waals surface area contributed by atoms with E-state index in [-0.39, 0.29) is 23.3 Å². The van der Waals surface area contributed by atoms with Crippen molar-refractivity contribution in [1.29, 1.82) is 0 Å². The second-order valence-electron chi connectivity index (χ2n) is 5.71. The number of furan rings is 1. The maximum atomic E-state index is 12.8. The molecule has 1 aliphatic rings. The van der Waals surface area contributed by atoms with Gasteiger partial charge in [0.15, 0.2) is 0 Å². The van der Waals surface area contributed by atoms with Gasteiger partial charge >= 0.3 is 0 Å². The molecule has 1 aliphatic heterocycles. The Kier molecular flexibility index (Phi) is 4.15. The van der Waals surface area contributed by atoms with Gasteiger partial charge in [0.2, 0.25) is 10.0 Å². The van der Waals surface area contributed by atoms with Crippen LogP contribution in [0.4, 0.5) is 0 Å². The molecule has 0 bridgehead atoms. The first-order chi connectivity index (χ1) is 10.4. The fraction of sp³-hybridized carbons (Fsp3) is 0.467. The summed E-state index contributed by atoms with van der Waals surface area (Å²) >= 11 is 1.59. The Balaban J connectivity index is 1.91. The van der Waals surface area contributed by atoms with E-state index in [1.54, 1.807) is 31.3 Å². The summed E-state index contributed by atoms with van der Waals surface area (Å²) in [5.41, 5.74) is 1.10. The van der Waals surface area contributed by atoms with E-state index in [2.05, 4.69) is 0 Å². The molecule has 1 N–H and O–H groups in total. The second kappa shape index (κ2) is 5.81. The molecule has 0 radical (unpaired) electrons. The Morgan fingerprint density at radius 2 is 2.18 bits per heavy atom. The Labute approximate surface area is 134 Å². The fourth-order valence-corrected chi connectivity index (χ4v) is 5.55. The van der Waals surface area contributed by atoms with Crippen LogP contribution in [0.3, 0.4) is 0 Å². The zero-order valence-electron chi connectivity index (χ0n) is 12.5. The molecule has 0 amide bonds. The van der Waals surface area contributed by atoms with Crippen molar-refractivity contribution >= 4 is 21.4 Å². The summed E-state index contributed by atoms with van der Waals surface area (Å²) in [4.78, 5) is 0.229. The van der Waals surface area contributed by atoms with Crippen LogP contribution >= 0.6 is 11.3 Å². The van der Waals surface area contributed by atoms with Gasteiger partial charge in [0, 0.05) is 31.5 Å². The molecule has 3 heterocycles. The molecule has 1 saturated heterocycles. The molecule has 2 aromatic rings. The van der Waals surface area contributed by atoms with E-state index in [1.807, 2.05) is 16.8 Å². The van der Waals surface area contributed by atoms with Gasteiger partial charge in [0.1, 0.15) is 16.4 Å². The lowest BCUT2D eigenvalue weighted by Gasteiger charge is -2.15. The standard InChI is InChI=1S/C15H19NO4S2/c1-10-5-15(11(2)20-10)22(18,19)16-6-13(8-17)14(7-16)12-3-4-21-9-12/h3-5,9,13-14,17H,6-8H2,1-2H3/t13-,14+/m1/s1. The van der Waals surface area contributed by atoms with Crippen molar-refractivity contribution < 1.29 is 17.9 Å². The molecule has 0 aromatic carbocycles. The van der Waals surface area contributed by atoms with Crippen molar-refractivity contribution in [2.45, 2.75) is 24.7 Å². The molecule has 22 heavy (non-hydrogen) atoms. The highest BCUT2D eigenvalue weighted by Gasteiger charge is 2.40. The number of nitrogens with zero attached hydrogens (tertiary/aromatic N) is 1. The van der Waals surface area contributed by atoms with Gasteiger partial charge in [-0.2, -0.15) is 15.6 Å². The first-order valence-corrected chi connectivity index (χ1v) is 9.52. The van der Waals surface area contributed by atoms with Gasteiger partial charge in [-0.3, -0.25) is 0 Å². The maximum Gasteiger partial charge on any atom is 0.246 e. The summed E-state index contributed by atoms with van der Waals surface area (Å²) < 4.78 is 32.5. The number of hydrogen-bond acceptors (Lipinski definition) is 5. The van der Waals surface area contributed by atoms with Crippen LogP contribution in [0.5, 0.6) is 0 Å². The Hall–Kier alpha value is -1.15. The summed E-state index contributed by atoms with van der Waals surface area (Å²) in [5.74, 6) is 0.970. The predicted molar refractivity (Wildman–Crippen MR) is 84.6 cm³/mol. The van der Waals surface area contributed by atoms with E-state index in [0.717, 1.165) is 5.56 Å². The van der Waals surface area contributed by atoms with Crippen LogP contribution in [0.1, 0.15) is 23.0 Å². The molecule has 3 rings (SSSR count). The molecule has 0 unspecified atom stereocenters. The number of thiophene rings is 1. The molecule has 5 nitrogen and oxygen atoms in total. The molecule has 0 saturated carbocycles. The number of hydrogen-bond donors (Lipinski definition) is 1. The molecule has 1 fully saturated rings. The molecule has 120 valence electrons. The van der Waals surface area contributed by atoms with Crippen LogP contribution in [-0.4, -0.2) is 37.5 Å². The SMILES string of the molecule is Cc1cc(S(=O)(=O)N2C[C@H](CO)[C@H](c3ccsc3)C2)c(C)o1. The van der Waals surface area contributed by atoms with Crippen molar-refractivity contribution in [3.8, 4) is 0 Å². The van der Waals surface area contributed by atoms with Crippen molar-refractivity contribution in [2.75, 3.05) is 19.7 Å². The minimum atomic E-state index is -3.58. The summed E-state index contributed by atoms with van der Waals surface area (Å²) in [5, 5.41) is 13.6. The molecule has 2 aromatic heterocycles. The van der Waals surface area contributed by atoms with Crippen LogP contribution in [-0.2, 0) is 10.0 Å². The lowest BCUT2D eigenvalue weighted by molar-refractivity contribution is 0.223. The summed E-state index contributed by atoms with van der Waals surface area (Å²) in [6.07, 6.45) is 0. The molecular weight excluding hydrogens is 322 g/mol. The molecule has 0 spiro atoms. The number of aryl methyl sites for hydroxylation is 2. The number of sulfonamides is 1. The topological polar surface area (TPSA) is 70.8 Å². The van der Waals surface area contributed by atoms with Crippen molar-refractivity contribution in [2.24, 2.45) is 5.92 Å². The Morgan fingerprint density at radius 1 is 1.41 bits per heavy atom. The van der Waals surface area contributed by atoms with Gasteiger partial charge in [-0.25, -0.2) is 8.42 Å². The van der Waals surface area contributed by atoms with Gasteiger partial charge in [0.25, 0.3) is 0 Å². The van der Waals surface area contributed by atoms with E-state index in [1.165, 1.54) is 4.31 Å². The largest absolute Gasteiger partial charge is 0.465 e. The van der Waals surface area contributed by atoms with E-state index in [4.69, 9.17) is 4.42 Å². The molecule has 0 aliphatic carbocycles. The summed E-state index contributed by atoms with van der Waals surface area (Å²) in [6.45, 7) is 4.11. The minimum Gasteiger partial charge on any atom is -0.465 e. The molecular formula is C15H19NO4S2. The number of aliphatic hydroxyl groups excluding tert-OH is 1. The third kappa shape index (κ3) is 2.62. The minimum absolute atomic E-state index is 0.0179. The number of aliphatic hydroxyl groups is 1. The van der Waals surface area contributed by atoms with Gasteiger partial charge in [0.05, 0.1) is 0 Å². The van der Waals surface area contributed by atoms with Crippen LogP contribution in [0.2, 0.25) is 0 Å². The first kappa shape index (κ1) is 15.7. The summed E-state index contributed by atoms with van der Waals surface area (Å²) in [7, 11) is -3.58. The van der Waals surface area contributed by atoms with Gasteiger partial charge < -0.3 is 9.52 Å². The molecule has 2 atom stereocenters. The van der Waals surface area contributed by atoms with E-state index < -0.39 is 10.0 Å².